The molecule has 0 bridgehead atoms. The Hall–Kier alpha value is -3.66. The van der Waals surface area contributed by atoms with Crippen LogP contribution in [-0.4, -0.2) is 31.3 Å². The van der Waals surface area contributed by atoms with E-state index in [-0.39, 0.29) is 11.4 Å². The third kappa shape index (κ3) is 4.66. The maximum absolute atomic E-state index is 12.3. The van der Waals surface area contributed by atoms with E-state index in [4.69, 9.17) is 13.9 Å². The molecule has 3 aromatic rings. The fourth-order valence-electron chi connectivity index (χ4n) is 2.64. The molecular formula is C20H16BrN3O6. The number of nitro groups is 1. The van der Waals surface area contributed by atoms with Crippen molar-refractivity contribution in [3.05, 3.63) is 74.4 Å². The lowest BCUT2D eigenvalue weighted by molar-refractivity contribution is -0.384. The lowest BCUT2D eigenvalue weighted by Crippen LogP contribution is -2.18. The zero-order chi connectivity index (χ0) is 21.7. The lowest BCUT2D eigenvalue weighted by atomic mass is 10.1. The molecule has 0 aliphatic rings. The molecule has 1 aromatic heterocycles. The second-order valence-electron chi connectivity index (χ2n) is 5.89. The number of hydrogen-bond donors (Lipinski definition) is 1. The monoisotopic (exact) mass is 473 g/mol. The molecule has 0 saturated heterocycles. The summed E-state index contributed by atoms with van der Waals surface area (Å²) < 4.78 is 16.5. The molecule has 0 aliphatic heterocycles. The number of amides is 1. The molecule has 9 nitrogen and oxygen atoms in total. The first-order chi connectivity index (χ1) is 14.4. The second kappa shape index (κ2) is 9.23. The van der Waals surface area contributed by atoms with Gasteiger partial charge in [-0.05, 0) is 42.5 Å². The van der Waals surface area contributed by atoms with Crippen molar-refractivity contribution in [2.45, 2.75) is 0 Å². The van der Waals surface area contributed by atoms with E-state index in [0.29, 0.717) is 32.9 Å². The minimum atomic E-state index is -0.514. The highest BCUT2D eigenvalue weighted by atomic mass is 79.9. The Morgan fingerprint density at radius 3 is 2.67 bits per heavy atom. The van der Waals surface area contributed by atoms with Crippen molar-refractivity contribution in [1.82, 2.24) is 5.43 Å². The molecule has 0 fully saturated rings. The lowest BCUT2D eigenvalue weighted by Gasteiger charge is -2.07. The minimum Gasteiger partial charge on any atom is -0.497 e. The van der Waals surface area contributed by atoms with E-state index >= 15 is 0 Å². The van der Waals surface area contributed by atoms with Crippen LogP contribution < -0.4 is 14.9 Å². The number of hydrazone groups is 1. The highest BCUT2D eigenvalue weighted by molar-refractivity contribution is 9.10. The molecule has 3 rings (SSSR count). The summed E-state index contributed by atoms with van der Waals surface area (Å²) in [6, 6.07) is 12.6. The number of carbonyl (C=O) groups is 1. The average molecular weight is 474 g/mol. The predicted molar refractivity (Wildman–Crippen MR) is 113 cm³/mol. The van der Waals surface area contributed by atoms with E-state index in [1.807, 2.05) is 0 Å². The highest BCUT2D eigenvalue weighted by Crippen LogP contribution is 2.34. The van der Waals surface area contributed by atoms with E-state index in [0.717, 1.165) is 0 Å². The van der Waals surface area contributed by atoms with Crippen molar-refractivity contribution in [1.29, 1.82) is 0 Å². The van der Waals surface area contributed by atoms with Gasteiger partial charge in [-0.15, -0.1) is 0 Å². The first kappa shape index (κ1) is 21.1. The van der Waals surface area contributed by atoms with Gasteiger partial charge in [0.1, 0.15) is 23.0 Å². The summed E-state index contributed by atoms with van der Waals surface area (Å²) in [7, 11) is 2.89. The quantitative estimate of drug-likeness (QED) is 0.308. The molecule has 30 heavy (non-hydrogen) atoms. The Kier molecular flexibility index (Phi) is 6.48. The van der Waals surface area contributed by atoms with Crippen LogP contribution in [0, 0.1) is 10.1 Å². The number of methoxy groups -OCH3 is 2. The van der Waals surface area contributed by atoms with Crippen molar-refractivity contribution in [3.8, 4) is 22.8 Å². The molecule has 1 amide bonds. The largest absolute Gasteiger partial charge is 0.497 e. The predicted octanol–water partition coefficient (Wildman–Crippen LogP) is 4.40. The van der Waals surface area contributed by atoms with Crippen molar-refractivity contribution < 1.29 is 23.6 Å². The number of ether oxygens (including phenoxy) is 2. The second-order valence-corrected chi connectivity index (χ2v) is 6.80. The number of rotatable bonds is 7. The molecule has 2 aromatic carbocycles. The first-order valence-electron chi connectivity index (χ1n) is 8.52. The number of halogens is 1. The zero-order valence-corrected chi connectivity index (χ0v) is 17.5. The summed E-state index contributed by atoms with van der Waals surface area (Å²) in [6.45, 7) is 0. The van der Waals surface area contributed by atoms with Gasteiger partial charge in [0.25, 0.3) is 11.6 Å². The van der Waals surface area contributed by atoms with Crippen molar-refractivity contribution >= 4 is 33.7 Å². The van der Waals surface area contributed by atoms with Crippen molar-refractivity contribution in [2.24, 2.45) is 5.10 Å². The molecule has 0 spiro atoms. The van der Waals surface area contributed by atoms with Gasteiger partial charge in [0.15, 0.2) is 0 Å². The number of furan rings is 1. The summed E-state index contributed by atoms with van der Waals surface area (Å²) in [5.41, 5.74) is 2.84. The Morgan fingerprint density at radius 1 is 1.17 bits per heavy atom. The molecule has 0 atom stereocenters. The van der Waals surface area contributed by atoms with Gasteiger partial charge in [0.2, 0.25) is 0 Å². The molecule has 1 N–H and O–H groups in total. The summed E-state index contributed by atoms with van der Waals surface area (Å²) >= 11 is 3.30. The van der Waals surface area contributed by atoms with Gasteiger partial charge in [-0.2, -0.15) is 5.10 Å². The summed E-state index contributed by atoms with van der Waals surface area (Å²) in [5.74, 6) is 0.881. The molecule has 0 radical (unpaired) electrons. The van der Waals surface area contributed by atoms with Crippen LogP contribution in [0.2, 0.25) is 0 Å². The van der Waals surface area contributed by atoms with Gasteiger partial charge in [-0.3, -0.25) is 14.9 Å². The number of nitro benzene ring substituents is 1. The van der Waals surface area contributed by atoms with Crippen LogP contribution >= 0.6 is 15.9 Å². The Bertz CT molecular complexity index is 1130. The van der Waals surface area contributed by atoms with E-state index < -0.39 is 10.8 Å². The SMILES string of the molecule is COc1ccc(-c2ccc(C=NNC(=O)c3cc(Br)ccc3OC)o2)c([N+](=O)[O-])c1. The molecule has 0 unspecified atom stereocenters. The first-order valence-corrected chi connectivity index (χ1v) is 9.32. The molecule has 1 heterocycles. The normalized spacial score (nSPS) is 10.8. The molecule has 10 heteroatoms. The van der Waals surface area contributed by atoms with E-state index in [9.17, 15) is 14.9 Å². The van der Waals surface area contributed by atoms with E-state index in [1.54, 1.807) is 36.4 Å². The highest BCUT2D eigenvalue weighted by Gasteiger charge is 2.19. The number of carbonyl (C=O) groups excluding carboxylic acids is 1. The Morgan fingerprint density at radius 2 is 1.97 bits per heavy atom. The van der Waals surface area contributed by atoms with E-state index in [1.165, 1.54) is 32.6 Å². The molecule has 0 aliphatic carbocycles. The van der Waals surface area contributed by atoms with Gasteiger partial charge >= 0.3 is 0 Å². The van der Waals surface area contributed by atoms with Crippen LogP contribution in [0.25, 0.3) is 11.3 Å². The summed E-state index contributed by atoms with van der Waals surface area (Å²) in [5, 5.41) is 15.2. The fourth-order valence-corrected chi connectivity index (χ4v) is 3.00. The maximum atomic E-state index is 12.3. The van der Waals surface area contributed by atoms with Gasteiger partial charge < -0.3 is 13.9 Å². The van der Waals surface area contributed by atoms with Gasteiger partial charge in [0.05, 0.1) is 42.6 Å². The standard InChI is InChI=1S/C20H16BrN3O6/c1-28-13-4-6-15(17(10-13)24(26)27)19-8-5-14(30-19)11-22-23-20(25)16-9-12(21)3-7-18(16)29-2/h3-11H,1-2H3,(H,23,25). The van der Waals surface area contributed by atoms with E-state index in [2.05, 4.69) is 26.5 Å². The Labute approximate surface area is 179 Å². The summed E-state index contributed by atoms with van der Waals surface area (Å²) in [6.07, 6.45) is 1.29. The topological polar surface area (TPSA) is 116 Å². The van der Waals surface area contributed by atoms with Crippen LogP contribution in [-0.2, 0) is 0 Å². The molecular weight excluding hydrogens is 458 g/mol. The van der Waals surface area contributed by atoms with Crippen LogP contribution in [0.5, 0.6) is 11.5 Å². The molecule has 154 valence electrons. The third-order valence-corrected chi connectivity index (χ3v) is 4.55. The fraction of sp³-hybridized carbons (Fsp3) is 0.100. The zero-order valence-electron chi connectivity index (χ0n) is 15.9. The smallest absolute Gasteiger partial charge is 0.284 e. The van der Waals surface area contributed by atoms with Crippen LogP contribution in [0.3, 0.4) is 0 Å². The van der Waals surface area contributed by atoms with Gasteiger partial charge in [-0.25, -0.2) is 5.43 Å². The van der Waals surface area contributed by atoms with Crippen molar-refractivity contribution in [2.75, 3.05) is 14.2 Å². The van der Waals surface area contributed by atoms with Gasteiger partial charge in [0, 0.05) is 4.47 Å². The number of benzene rings is 2. The van der Waals surface area contributed by atoms with Crippen LogP contribution in [0.15, 0.2) is 62.5 Å². The number of nitrogens with zero attached hydrogens (tertiary/aromatic N) is 2. The van der Waals surface area contributed by atoms with Crippen LogP contribution in [0.1, 0.15) is 16.1 Å². The van der Waals surface area contributed by atoms with Crippen LogP contribution in [0.4, 0.5) is 5.69 Å². The molecule has 0 saturated carbocycles. The summed E-state index contributed by atoms with van der Waals surface area (Å²) in [4.78, 5) is 23.2. The van der Waals surface area contributed by atoms with Crippen molar-refractivity contribution in [3.63, 3.8) is 0 Å². The number of nitrogens with one attached hydrogen (secondary N) is 1. The maximum Gasteiger partial charge on any atom is 0.284 e. The average Bonchev–Trinajstić information content (AvgIpc) is 3.21. The van der Waals surface area contributed by atoms with Gasteiger partial charge in [-0.1, -0.05) is 15.9 Å². The third-order valence-electron chi connectivity index (χ3n) is 4.06. The Balaban J connectivity index is 1.77. The number of hydrogen-bond acceptors (Lipinski definition) is 7. The minimum absolute atomic E-state index is 0.151.